The fraction of sp³-hybridized carbons (Fsp3) is 0.160. The topological polar surface area (TPSA) is 91.7 Å². The Morgan fingerprint density at radius 1 is 1.03 bits per heavy atom. The van der Waals surface area contributed by atoms with E-state index in [9.17, 15) is 9.59 Å². The van der Waals surface area contributed by atoms with Crippen LogP contribution in [0.5, 0.6) is 17.2 Å². The van der Waals surface area contributed by atoms with E-state index in [1.165, 1.54) is 4.68 Å². The van der Waals surface area contributed by atoms with Crippen LogP contribution in [0.4, 0.5) is 5.69 Å². The van der Waals surface area contributed by atoms with Gasteiger partial charge in [-0.15, -0.1) is 0 Å². The summed E-state index contributed by atoms with van der Waals surface area (Å²) in [6.07, 6.45) is 0. The third kappa shape index (κ3) is 4.36. The molecule has 1 aliphatic rings. The van der Waals surface area contributed by atoms with Gasteiger partial charge in [0.2, 0.25) is 12.7 Å². The summed E-state index contributed by atoms with van der Waals surface area (Å²) in [5.74, 6) is 1.67. The summed E-state index contributed by atoms with van der Waals surface area (Å²) < 4.78 is 17.7. The molecular formula is C25H21N3O5. The van der Waals surface area contributed by atoms with E-state index in [1.54, 1.807) is 30.3 Å². The number of aryl methyl sites for hydroxylation is 1. The zero-order valence-electron chi connectivity index (χ0n) is 17.9. The first-order chi connectivity index (χ1) is 16.1. The Balaban J connectivity index is 1.25. The van der Waals surface area contributed by atoms with Crippen LogP contribution in [0.15, 0.2) is 71.5 Å². The monoisotopic (exact) mass is 443 g/mol. The minimum absolute atomic E-state index is 0.178. The lowest BCUT2D eigenvalue weighted by Gasteiger charge is -2.11. The lowest BCUT2D eigenvalue weighted by Crippen LogP contribution is -2.30. The molecule has 4 aromatic rings. The van der Waals surface area contributed by atoms with Crippen molar-refractivity contribution in [2.45, 2.75) is 20.1 Å². The highest BCUT2D eigenvalue weighted by Gasteiger charge is 2.14. The summed E-state index contributed by atoms with van der Waals surface area (Å²) in [5.41, 5.74) is 1.89. The Bertz CT molecular complexity index is 1410. The largest absolute Gasteiger partial charge is 0.489 e. The van der Waals surface area contributed by atoms with Crippen LogP contribution >= 0.6 is 0 Å². The van der Waals surface area contributed by atoms with Crippen molar-refractivity contribution < 1.29 is 19.0 Å². The number of carbonyl (C=O) groups is 1. The Morgan fingerprint density at radius 2 is 1.85 bits per heavy atom. The van der Waals surface area contributed by atoms with Gasteiger partial charge in [-0.1, -0.05) is 30.3 Å². The van der Waals surface area contributed by atoms with E-state index in [2.05, 4.69) is 10.4 Å². The molecule has 0 spiro atoms. The van der Waals surface area contributed by atoms with Crippen molar-refractivity contribution in [3.8, 4) is 17.2 Å². The lowest BCUT2D eigenvalue weighted by molar-refractivity contribution is -0.117. The van der Waals surface area contributed by atoms with Gasteiger partial charge in [-0.2, -0.15) is 5.10 Å². The Hall–Kier alpha value is -4.33. The molecule has 1 N–H and O–H groups in total. The minimum Gasteiger partial charge on any atom is -0.489 e. The first-order valence-corrected chi connectivity index (χ1v) is 10.4. The third-order valence-electron chi connectivity index (χ3n) is 5.31. The van der Waals surface area contributed by atoms with Crippen molar-refractivity contribution in [1.29, 1.82) is 0 Å². The number of hydrogen-bond acceptors (Lipinski definition) is 6. The van der Waals surface area contributed by atoms with E-state index in [-0.39, 0.29) is 24.8 Å². The highest BCUT2D eigenvalue weighted by Crippen LogP contribution is 2.35. The maximum absolute atomic E-state index is 12.7. The smallest absolute Gasteiger partial charge is 0.275 e. The number of hydrogen-bond donors (Lipinski definition) is 1. The number of ether oxygens (including phenoxy) is 3. The fourth-order valence-electron chi connectivity index (χ4n) is 3.72. The van der Waals surface area contributed by atoms with Gasteiger partial charge in [-0.25, -0.2) is 4.68 Å². The summed E-state index contributed by atoms with van der Waals surface area (Å²) in [6, 6.07) is 20.0. The number of anilines is 1. The molecular weight excluding hydrogens is 422 g/mol. The Kier molecular flexibility index (Phi) is 5.40. The van der Waals surface area contributed by atoms with E-state index in [1.807, 2.05) is 43.3 Å². The molecule has 8 heteroatoms. The molecule has 2 heterocycles. The van der Waals surface area contributed by atoms with Crippen LogP contribution < -0.4 is 25.1 Å². The van der Waals surface area contributed by atoms with E-state index in [4.69, 9.17) is 14.2 Å². The van der Waals surface area contributed by atoms with Crippen molar-refractivity contribution in [3.05, 3.63) is 88.3 Å². The molecule has 0 atom stereocenters. The van der Waals surface area contributed by atoms with Crippen LogP contribution in [0, 0.1) is 6.92 Å². The number of fused-ring (bicyclic) bond motifs is 2. The highest BCUT2D eigenvalue weighted by molar-refractivity contribution is 5.91. The fourth-order valence-corrected chi connectivity index (χ4v) is 3.72. The molecule has 1 aromatic heterocycles. The van der Waals surface area contributed by atoms with Crippen LogP contribution in [0.1, 0.15) is 11.3 Å². The SMILES string of the molecule is Cc1nn(CC(=O)Nc2cccc(COc3ccc4c(c3)OCO4)c2)c(=O)c2ccccc12. The molecule has 0 saturated heterocycles. The van der Waals surface area contributed by atoms with Gasteiger partial charge >= 0.3 is 0 Å². The van der Waals surface area contributed by atoms with Gasteiger partial charge in [0.1, 0.15) is 18.9 Å². The van der Waals surface area contributed by atoms with Gasteiger partial charge in [-0.05, 0) is 42.8 Å². The van der Waals surface area contributed by atoms with Crippen LogP contribution in [0.2, 0.25) is 0 Å². The zero-order chi connectivity index (χ0) is 22.8. The van der Waals surface area contributed by atoms with Crippen LogP contribution in [-0.4, -0.2) is 22.5 Å². The van der Waals surface area contributed by atoms with E-state index in [0.29, 0.717) is 40.6 Å². The summed E-state index contributed by atoms with van der Waals surface area (Å²) in [6.45, 7) is 2.16. The molecule has 0 unspecified atom stereocenters. The van der Waals surface area contributed by atoms with Crippen molar-refractivity contribution in [2.75, 3.05) is 12.1 Å². The van der Waals surface area contributed by atoms with Crippen LogP contribution in [0.25, 0.3) is 10.8 Å². The van der Waals surface area contributed by atoms with Gasteiger partial charge in [-0.3, -0.25) is 9.59 Å². The number of carbonyl (C=O) groups excluding carboxylic acids is 1. The first kappa shape index (κ1) is 20.6. The van der Waals surface area contributed by atoms with Crippen molar-refractivity contribution >= 4 is 22.4 Å². The van der Waals surface area contributed by atoms with Gasteiger partial charge in [0, 0.05) is 17.1 Å². The van der Waals surface area contributed by atoms with Crippen molar-refractivity contribution in [2.24, 2.45) is 0 Å². The maximum atomic E-state index is 12.7. The quantitative estimate of drug-likeness (QED) is 0.489. The lowest BCUT2D eigenvalue weighted by atomic mass is 10.1. The summed E-state index contributed by atoms with van der Waals surface area (Å²) in [5, 5.41) is 8.45. The van der Waals surface area contributed by atoms with E-state index < -0.39 is 0 Å². The number of aromatic nitrogens is 2. The number of benzene rings is 3. The highest BCUT2D eigenvalue weighted by atomic mass is 16.7. The van der Waals surface area contributed by atoms with Crippen LogP contribution in [-0.2, 0) is 17.9 Å². The Labute approximate surface area is 189 Å². The summed E-state index contributed by atoms with van der Waals surface area (Å²) >= 11 is 0. The maximum Gasteiger partial charge on any atom is 0.275 e. The first-order valence-electron chi connectivity index (χ1n) is 10.4. The second-order valence-corrected chi connectivity index (χ2v) is 7.65. The molecule has 3 aromatic carbocycles. The molecule has 8 nitrogen and oxygen atoms in total. The standard InChI is InChI=1S/C25H21N3O5/c1-16-20-7-2-3-8-21(20)25(30)28(27-16)13-24(29)26-18-6-4-5-17(11-18)14-31-19-9-10-22-23(12-19)33-15-32-22/h2-12H,13-15H2,1H3,(H,26,29). The molecule has 0 radical (unpaired) electrons. The normalized spacial score (nSPS) is 12.0. The second-order valence-electron chi connectivity index (χ2n) is 7.65. The van der Waals surface area contributed by atoms with Crippen molar-refractivity contribution in [1.82, 2.24) is 9.78 Å². The molecule has 0 aliphatic carbocycles. The van der Waals surface area contributed by atoms with Crippen molar-refractivity contribution in [3.63, 3.8) is 0 Å². The molecule has 33 heavy (non-hydrogen) atoms. The predicted octanol–water partition coefficient (Wildman–Crippen LogP) is 3.65. The molecule has 0 fully saturated rings. The van der Waals surface area contributed by atoms with Gasteiger partial charge in [0.15, 0.2) is 11.5 Å². The van der Waals surface area contributed by atoms with Crippen LogP contribution in [0.3, 0.4) is 0 Å². The second kappa shape index (κ2) is 8.66. The molecule has 1 amide bonds. The van der Waals surface area contributed by atoms with Gasteiger partial charge in [0.25, 0.3) is 5.56 Å². The molecule has 0 bridgehead atoms. The summed E-state index contributed by atoms with van der Waals surface area (Å²) in [4.78, 5) is 25.3. The van der Waals surface area contributed by atoms with E-state index >= 15 is 0 Å². The minimum atomic E-state index is -0.340. The molecule has 1 aliphatic heterocycles. The van der Waals surface area contributed by atoms with Gasteiger partial charge < -0.3 is 19.5 Å². The number of rotatable bonds is 6. The number of amides is 1. The van der Waals surface area contributed by atoms with Gasteiger partial charge in [0.05, 0.1) is 11.1 Å². The predicted molar refractivity (Wildman–Crippen MR) is 123 cm³/mol. The molecule has 0 saturated carbocycles. The van der Waals surface area contributed by atoms with E-state index in [0.717, 1.165) is 10.9 Å². The average molecular weight is 443 g/mol. The molecule has 5 rings (SSSR count). The zero-order valence-corrected chi connectivity index (χ0v) is 17.9. The third-order valence-corrected chi connectivity index (χ3v) is 5.31. The molecule has 166 valence electrons. The number of nitrogens with one attached hydrogen (secondary N) is 1. The summed E-state index contributed by atoms with van der Waals surface area (Å²) in [7, 11) is 0. The Morgan fingerprint density at radius 3 is 2.73 bits per heavy atom. The average Bonchev–Trinajstić information content (AvgIpc) is 3.29. The number of nitrogens with zero attached hydrogens (tertiary/aromatic N) is 2.